The fourth-order valence-electron chi connectivity index (χ4n) is 2.48. The van der Waals surface area contributed by atoms with E-state index in [0.29, 0.717) is 17.9 Å². The van der Waals surface area contributed by atoms with Crippen molar-refractivity contribution in [2.75, 3.05) is 6.61 Å². The molecule has 1 aliphatic rings. The second-order valence-electron chi connectivity index (χ2n) is 5.47. The Labute approximate surface area is 136 Å². The van der Waals surface area contributed by atoms with Crippen molar-refractivity contribution in [1.29, 1.82) is 0 Å². The van der Waals surface area contributed by atoms with E-state index in [-0.39, 0.29) is 18.9 Å². The summed E-state index contributed by atoms with van der Waals surface area (Å²) in [6.45, 7) is 0.944. The molecule has 0 radical (unpaired) electrons. The lowest BCUT2D eigenvalue weighted by Gasteiger charge is -2.24. The third-order valence-corrected chi connectivity index (χ3v) is 3.72. The van der Waals surface area contributed by atoms with Crippen LogP contribution in [-0.2, 0) is 16.1 Å². The standard InChI is InChI=1S/C19H20O4/c20-19(22-14-15-8-2-1-3-9-15)16-10-4-5-11-17(16)23-18-12-6-7-13-21-18/h1-5,8-11,18H,6-7,12-14H2. The fourth-order valence-corrected chi connectivity index (χ4v) is 2.48. The Bertz CT molecular complexity index is 633. The summed E-state index contributed by atoms with van der Waals surface area (Å²) in [5, 5.41) is 0. The van der Waals surface area contributed by atoms with Crippen molar-refractivity contribution in [3.05, 3.63) is 65.7 Å². The van der Waals surface area contributed by atoms with Crippen molar-refractivity contribution in [2.24, 2.45) is 0 Å². The van der Waals surface area contributed by atoms with Gasteiger partial charge in [-0.1, -0.05) is 42.5 Å². The molecule has 1 atom stereocenters. The van der Waals surface area contributed by atoms with Crippen LogP contribution in [0, 0.1) is 0 Å². The first-order chi connectivity index (χ1) is 11.3. The van der Waals surface area contributed by atoms with E-state index in [1.165, 1.54) is 0 Å². The minimum Gasteiger partial charge on any atom is -0.464 e. The van der Waals surface area contributed by atoms with Crippen LogP contribution >= 0.6 is 0 Å². The van der Waals surface area contributed by atoms with Crippen LogP contribution in [-0.4, -0.2) is 18.9 Å². The first-order valence-corrected chi connectivity index (χ1v) is 7.91. The maximum absolute atomic E-state index is 12.3. The molecule has 1 fully saturated rings. The average molecular weight is 312 g/mol. The number of para-hydroxylation sites is 1. The third kappa shape index (κ3) is 4.33. The lowest BCUT2D eigenvalue weighted by molar-refractivity contribution is -0.106. The Morgan fingerprint density at radius 1 is 1.04 bits per heavy atom. The zero-order chi connectivity index (χ0) is 15.9. The SMILES string of the molecule is O=C(OCc1ccccc1)c1ccccc1OC1CCCCO1. The van der Waals surface area contributed by atoms with Crippen molar-refractivity contribution >= 4 is 5.97 Å². The summed E-state index contributed by atoms with van der Waals surface area (Å²) >= 11 is 0. The molecule has 1 unspecified atom stereocenters. The number of ether oxygens (including phenoxy) is 3. The van der Waals surface area contributed by atoms with Crippen molar-refractivity contribution in [2.45, 2.75) is 32.2 Å². The molecule has 1 saturated heterocycles. The molecule has 3 rings (SSSR count). The number of esters is 1. The van der Waals surface area contributed by atoms with E-state index in [1.54, 1.807) is 18.2 Å². The second kappa shape index (κ2) is 7.79. The lowest BCUT2D eigenvalue weighted by atomic mass is 10.2. The zero-order valence-corrected chi connectivity index (χ0v) is 12.9. The molecule has 2 aromatic carbocycles. The van der Waals surface area contributed by atoms with Crippen LogP contribution in [0.5, 0.6) is 5.75 Å². The van der Waals surface area contributed by atoms with Crippen molar-refractivity contribution in [3.8, 4) is 5.75 Å². The van der Waals surface area contributed by atoms with Crippen LogP contribution in [0.25, 0.3) is 0 Å². The van der Waals surface area contributed by atoms with Crippen LogP contribution in [0.15, 0.2) is 54.6 Å². The molecule has 0 aromatic heterocycles. The van der Waals surface area contributed by atoms with Gasteiger partial charge in [-0.15, -0.1) is 0 Å². The Morgan fingerprint density at radius 3 is 2.61 bits per heavy atom. The molecule has 0 bridgehead atoms. The van der Waals surface area contributed by atoms with Crippen LogP contribution in [0.2, 0.25) is 0 Å². The van der Waals surface area contributed by atoms with E-state index in [4.69, 9.17) is 14.2 Å². The maximum atomic E-state index is 12.3. The fraction of sp³-hybridized carbons (Fsp3) is 0.316. The minimum absolute atomic E-state index is 0.244. The first kappa shape index (κ1) is 15.6. The number of carbonyl (C=O) groups excluding carboxylic acids is 1. The Morgan fingerprint density at radius 2 is 1.83 bits per heavy atom. The van der Waals surface area contributed by atoms with Crippen molar-refractivity contribution in [1.82, 2.24) is 0 Å². The normalized spacial score (nSPS) is 17.5. The number of benzene rings is 2. The van der Waals surface area contributed by atoms with Gasteiger partial charge in [0.1, 0.15) is 17.9 Å². The van der Waals surface area contributed by atoms with Crippen LogP contribution < -0.4 is 4.74 Å². The van der Waals surface area contributed by atoms with Crippen LogP contribution in [0.1, 0.15) is 35.2 Å². The van der Waals surface area contributed by atoms with E-state index in [0.717, 1.165) is 24.8 Å². The van der Waals surface area contributed by atoms with Gasteiger partial charge in [0, 0.05) is 6.42 Å². The van der Waals surface area contributed by atoms with Gasteiger partial charge in [0.05, 0.1) is 6.61 Å². The number of hydrogen-bond donors (Lipinski definition) is 0. The highest BCUT2D eigenvalue weighted by Gasteiger charge is 2.19. The summed E-state index contributed by atoms with van der Waals surface area (Å²) < 4.78 is 16.8. The molecule has 0 spiro atoms. The molecule has 0 N–H and O–H groups in total. The van der Waals surface area contributed by atoms with Gasteiger partial charge in [-0.2, -0.15) is 0 Å². The molecule has 4 heteroatoms. The van der Waals surface area contributed by atoms with Gasteiger partial charge in [-0.3, -0.25) is 0 Å². The van der Waals surface area contributed by atoms with Crippen LogP contribution in [0.3, 0.4) is 0 Å². The van der Waals surface area contributed by atoms with E-state index >= 15 is 0 Å². The monoisotopic (exact) mass is 312 g/mol. The molecule has 2 aromatic rings. The van der Waals surface area contributed by atoms with Crippen molar-refractivity contribution < 1.29 is 19.0 Å². The number of hydrogen-bond acceptors (Lipinski definition) is 4. The Kier molecular flexibility index (Phi) is 5.27. The van der Waals surface area contributed by atoms with Gasteiger partial charge in [-0.05, 0) is 30.5 Å². The highest BCUT2D eigenvalue weighted by molar-refractivity contribution is 5.92. The van der Waals surface area contributed by atoms with Gasteiger partial charge in [-0.25, -0.2) is 4.79 Å². The molecule has 0 amide bonds. The Hall–Kier alpha value is -2.33. The van der Waals surface area contributed by atoms with E-state index in [1.807, 2.05) is 36.4 Å². The summed E-state index contributed by atoms with van der Waals surface area (Å²) in [5.74, 6) is 0.123. The van der Waals surface area contributed by atoms with Gasteiger partial charge in [0.2, 0.25) is 0 Å². The molecule has 23 heavy (non-hydrogen) atoms. The summed E-state index contributed by atoms with van der Waals surface area (Å²) in [7, 11) is 0. The highest BCUT2D eigenvalue weighted by Crippen LogP contribution is 2.24. The largest absolute Gasteiger partial charge is 0.464 e. The first-order valence-electron chi connectivity index (χ1n) is 7.91. The average Bonchev–Trinajstić information content (AvgIpc) is 2.62. The van der Waals surface area contributed by atoms with Crippen LogP contribution in [0.4, 0.5) is 0 Å². The Balaban J connectivity index is 1.65. The lowest BCUT2D eigenvalue weighted by Crippen LogP contribution is -2.25. The van der Waals surface area contributed by atoms with Gasteiger partial charge >= 0.3 is 5.97 Å². The predicted molar refractivity (Wildman–Crippen MR) is 86.2 cm³/mol. The number of rotatable bonds is 5. The quantitative estimate of drug-likeness (QED) is 0.784. The highest BCUT2D eigenvalue weighted by atomic mass is 16.7. The smallest absolute Gasteiger partial charge is 0.342 e. The molecule has 1 aliphatic heterocycles. The van der Waals surface area contributed by atoms with E-state index in [2.05, 4.69) is 0 Å². The molecule has 0 saturated carbocycles. The number of carbonyl (C=O) groups is 1. The molecular formula is C19H20O4. The zero-order valence-electron chi connectivity index (χ0n) is 12.9. The predicted octanol–water partition coefficient (Wildman–Crippen LogP) is 3.95. The summed E-state index contributed by atoms with van der Waals surface area (Å²) in [4.78, 5) is 12.3. The van der Waals surface area contributed by atoms with Gasteiger partial charge < -0.3 is 14.2 Å². The maximum Gasteiger partial charge on any atom is 0.342 e. The molecule has 4 nitrogen and oxygen atoms in total. The minimum atomic E-state index is -0.389. The second-order valence-corrected chi connectivity index (χ2v) is 5.47. The molecule has 0 aliphatic carbocycles. The van der Waals surface area contributed by atoms with Gasteiger partial charge in [0.25, 0.3) is 0 Å². The molecular weight excluding hydrogens is 292 g/mol. The summed E-state index contributed by atoms with van der Waals surface area (Å²) in [5.41, 5.74) is 1.38. The summed E-state index contributed by atoms with van der Waals surface area (Å²) in [6.07, 6.45) is 2.69. The molecule has 1 heterocycles. The van der Waals surface area contributed by atoms with Crippen molar-refractivity contribution in [3.63, 3.8) is 0 Å². The summed E-state index contributed by atoms with van der Waals surface area (Å²) in [6, 6.07) is 16.7. The topological polar surface area (TPSA) is 44.8 Å². The van der Waals surface area contributed by atoms with E-state index in [9.17, 15) is 4.79 Å². The molecule has 120 valence electrons. The van der Waals surface area contributed by atoms with E-state index < -0.39 is 0 Å². The van der Waals surface area contributed by atoms with Gasteiger partial charge in [0.15, 0.2) is 6.29 Å². The third-order valence-electron chi connectivity index (χ3n) is 3.72.